The number of ketones is 1. The second kappa shape index (κ2) is 12.2. The van der Waals surface area contributed by atoms with Gasteiger partial charge in [-0.15, -0.1) is 0 Å². The minimum atomic E-state index is -0.763. The number of benzene rings is 3. The Bertz CT molecular complexity index is 1360. The van der Waals surface area contributed by atoms with E-state index in [1.165, 1.54) is 4.90 Å². The molecule has 1 fully saturated rings. The summed E-state index contributed by atoms with van der Waals surface area (Å²) >= 11 is 0. The molecule has 1 aliphatic rings. The van der Waals surface area contributed by atoms with E-state index < -0.39 is 17.7 Å². The van der Waals surface area contributed by atoms with Crippen LogP contribution in [0, 0.1) is 12.8 Å². The van der Waals surface area contributed by atoms with Gasteiger partial charge in [0.2, 0.25) is 0 Å². The highest BCUT2D eigenvalue weighted by molar-refractivity contribution is 6.46. The van der Waals surface area contributed by atoms with Crippen molar-refractivity contribution in [2.24, 2.45) is 5.92 Å². The number of aliphatic hydroxyl groups excluding tert-OH is 1. The molecular formula is C32H36N2O5. The Morgan fingerprint density at radius 1 is 0.974 bits per heavy atom. The van der Waals surface area contributed by atoms with Gasteiger partial charge in [0.1, 0.15) is 23.0 Å². The van der Waals surface area contributed by atoms with Gasteiger partial charge in [0, 0.05) is 18.7 Å². The number of Topliss-reactive ketones (excluding diaryl/α,β-unsaturated/α-hetero) is 1. The third-order valence-corrected chi connectivity index (χ3v) is 6.50. The van der Waals surface area contributed by atoms with E-state index in [9.17, 15) is 14.7 Å². The Morgan fingerprint density at radius 2 is 1.69 bits per heavy atom. The standard InChI is InChI=1S/C32H36N2O5/c1-21(2)20-38-27-15-14-24(18-22(27)3)30(35)28-29(34(17-16-33(4)5)32(37)31(28)36)23-10-9-13-26(19-23)39-25-11-7-6-8-12-25/h6-15,18-19,21,29,35H,16-17,20H2,1-5H3/t29-/m1/s1. The lowest BCUT2D eigenvalue weighted by Crippen LogP contribution is -2.35. The number of aryl methyl sites for hydroxylation is 1. The van der Waals surface area contributed by atoms with E-state index in [4.69, 9.17) is 9.47 Å². The molecule has 1 amide bonds. The first kappa shape index (κ1) is 27.9. The smallest absolute Gasteiger partial charge is 0.295 e. The van der Waals surface area contributed by atoms with Crippen molar-refractivity contribution in [1.82, 2.24) is 9.80 Å². The Kier molecular flexibility index (Phi) is 8.72. The maximum Gasteiger partial charge on any atom is 0.295 e. The van der Waals surface area contributed by atoms with E-state index in [2.05, 4.69) is 13.8 Å². The van der Waals surface area contributed by atoms with Gasteiger partial charge in [-0.25, -0.2) is 0 Å². The van der Waals surface area contributed by atoms with Crippen LogP contribution in [0.3, 0.4) is 0 Å². The third-order valence-electron chi connectivity index (χ3n) is 6.50. The van der Waals surface area contributed by atoms with Crippen molar-refractivity contribution in [3.8, 4) is 17.2 Å². The summed E-state index contributed by atoms with van der Waals surface area (Å²) in [7, 11) is 3.82. The molecule has 4 rings (SSSR count). The van der Waals surface area contributed by atoms with Crippen molar-refractivity contribution in [2.75, 3.05) is 33.8 Å². The summed E-state index contributed by atoms with van der Waals surface area (Å²) < 4.78 is 11.9. The topological polar surface area (TPSA) is 79.3 Å². The maximum atomic E-state index is 13.4. The molecule has 7 nitrogen and oxygen atoms in total. The number of likely N-dealkylation sites (N-methyl/N-ethyl adjacent to an activating group) is 1. The van der Waals surface area contributed by atoms with Crippen LogP contribution in [0.5, 0.6) is 17.2 Å². The molecule has 0 saturated carbocycles. The number of nitrogens with zero attached hydrogens (tertiary/aromatic N) is 2. The monoisotopic (exact) mass is 528 g/mol. The van der Waals surface area contributed by atoms with Gasteiger partial charge in [-0.05, 0) is 80.5 Å². The van der Waals surface area contributed by atoms with E-state index in [1.807, 2.05) is 80.5 Å². The Morgan fingerprint density at radius 3 is 2.36 bits per heavy atom. The lowest BCUT2D eigenvalue weighted by Gasteiger charge is -2.27. The van der Waals surface area contributed by atoms with Crippen molar-refractivity contribution >= 4 is 17.4 Å². The quantitative estimate of drug-likeness (QED) is 0.203. The molecule has 1 saturated heterocycles. The van der Waals surface area contributed by atoms with Crippen molar-refractivity contribution in [1.29, 1.82) is 0 Å². The lowest BCUT2D eigenvalue weighted by atomic mass is 9.94. The van der Waals surface area contributed by atoms with Crippen molar-refractivity contribution in [3.63, 3.8) is 0 Å². The average molecular weight is 529 g/mol. The van der Waals surface area contributed by atoms with Crippen LogP contribution in [0.1, 0.15) is 36.6 Å². The zero-order valence-corrected chi connectivity index (χ0v) is 23.2. The summed E-state index contributed by atoms with van der Waals surface area (Å²) in [5.41, 5.74) is 2.02. The van der Waals surface area contributed by atoms with Gasteiger partial charge in [0.25, 0.3) is 11.7 Å². The fourth-order valence-corrected chi connectivity index (χ4v) is 4.51. The van der Waals surface area contributed by atoms with E-state index >= 15 is 0 Å². The van der Waals surface area contributed by atoms with Crippen LogP contribution in [-0.2, 0) is 9.59 Å². The van der Waals surface area contributed by atoms with Crippen LogP contribution >= 0.6 is 0 Å². The number of hydrogen-bond acceptors (Lipinski definition) is 6. The second-order valence-corrected chi connectivity index (χ2v) is 10.5. The summed E-state index contributed by atoms with van der Waals surface area (Å²) in [4.78, 5) is 30.1. The Balaban J connectivity index is 1.76. The largest absolute Gasteiger partial charge is 0.507 e. The molecule has 39 heavy (non-hydrogen) atoms. The predicted molar refractivity (Wildman–Crippen MR) is 152 cm³/mol. The van der Waals surface area contributed by atoms with Gasteiger partial charge in [-0.3, -0.25) is 9.59 Å². The number of ether oxygens (including phenoxy) is 2. The zero-order valence-electron chi connectivity index (χ0n) is 23.2. The van der Waals surface area contributed by atoms with Gasteiger partial charge in [0.15, 0.2) is 0 Å². The number of para-hydroxylation sites is 1. The molecule has 0 aliphatic carbocycles. The molecule has 1 aliphatic heterocycles. The van der Waals surface area contributed by atoms with E-state index in [0.29, 0.717) is 54.0 Å². The molecule has 1 N–H and O–H groups in total. The van der Waals surface area contributed by atoms with Crippen LogP contribution in [0.15, 0.2) is 78.4 Å². The first-order chi connectivity index (χ1) is 18.7. The highest BCUT2D eigenvalue weighted by Gasteiger charge is 2.46. The van der Waals surface area contributed by atoms with Crippen LogP contribution in [0.4, 0.5) is 0 Å². The molecule has 0 aromatic heterocycles. The molecule has 0 spiro atoms. The van der Waals surface area contributed by atoms with E-state index in [-0.39, 0.29) is 11.3 Å². The van der Waals surface area contributed by atoms with Gasteiger partial charge in [-0.2, -0.15) is 0 Å². The van der Waals surface area contributed by atoms with E-state index in [1.54, 1.807) is 18.2 Å². The molecular weight excluding hydrogens is 492 g/mol. The summed E-state index contributed by atoms with van der Waals surface area (Å²) in [6.45, 7) is 7.50. The minimum Gasteiger partial charge on any atom is -0.507 e. The molecule has 204 valence electrons. The van der Waals surface area contributed by atoms with Crippen molar-refractivity contribution in [3.05, 3.63) is 95.1 Å². The first-order valence-corrected chi connectivity index (χ1v) is 13.2. The molecule has 0 bridgehead atoms. The third kappa shape index (κ3) is 6.49. The summed E-state index contributed by atoms with van der Waals surface area (Å²) in [6.07, 6.45) is 0. The first-order valence-electron chi connectivity index (χ1n) is 13.2. The summed E-state index contributed by atoms with van der Waals surface area (Å²) in [5, 5.41) is 11.5. The SMILES string of the molecule is Cc1cc(C(O)=C2C(=O)C(=O)N(CCN(C)C)[C@@H]2c2cccc(Oc3ccccc3)c2)ccc1OCC(C)C. The maximum absolute atomic E-state index is 13.4. The number of hydrogen-bond donors (Lipinski definition) is 1. The molecule has 1 heterocycles. The second-order valence-electron chi connectivity index (χ2n) is 10.5. The Labute approximate surface area is 230 Å². The number of amides is 1. The summed E-state index contributed by atoms with van der Waals surface area (Å²) in [5.74, 6) is 0.783. The van der Waals surface area contributed by atoms with Gasteiger partial charge < -0.3 is 24.4 Å². The molecule has 0 unspecified atom stereocenters. The number of likely N-dealkylation sites (tertiary alicyclic amines) is 1. The van der Waals surface area contributed by atoms with Crippen molar-refractivity contribution in [2.45, 2.75) is 26.8 Å². The fourth-order valence-electron chi connectivity index (χ4n) is 4.51. The van der Waals surface area contributed by atoms with Crippen LogP contribution in [0.2, 0.25) is 0 Å². The van der Waals surface area contributed by atoms with Gasteiger partial charge in [-0.1, -0.05) is 44.2 Å². The van der Waals surface area contributed by atoms with Gasteiger partial charge in [0.05, 0.1) is 18.2 Å². The number of aliphatic hydroxyl groups is 1. The number of carbonyl (C=O) groups excluding carboxylic acids is 2. The Hall–Kier alpha value is -4.10. The number of carbonyl (C=O) groups is 2. The van der Waals surface area contributed by atoms with Crippen LogP contribution in [0.25, 0.3) is 5.76 Å². The summed E-state index contributed by atoms with van der Waals surface area (Å²) in [6, 6.07) is 21.2. The lowest BCUT2D eigenvalue weighted by molar-refractivity contribution is -0.140. The van der Waals surface area contributed by atoms with Crippen LogP contribution in [-0.4, -0.2) is 60.4 Å². The molecule has 0 radical (unpaired) electrons. The highest BCUT2D eigenvalue weighted by atomic mass is 16.5. The zero-order chi connectivity index (χ0) is 28.1. The molecule has 3 aromatic carbocycles. The molecule has 3 aromatic rings. The molecule has 1 atom stereocenters. The predicted octanol–water partition coefficient (Wildman–Crippen LogP) is 5.81. The van der Waals surface area contributed by atoms with Crippen LogP contribution < -0.4 is 9.47 Å². The van der Waals surface area contributed by atoms with Gasteiger partial charge >= 0.3 is 0 Å². The minimum absolute atomic E-state index is 0.0610. The number of rotatable bonds is 10. The normalized spacial score (nSPS) is 16.8. The average Bonchev–Trinajstić information content (AvgIpc) is 3.16. The molecule has 7 heteroatoms. The highest BCUT2D eigenvalue weighted by Crippen LogP contribution is 2.41. The van der Waals surface area contributed by atoms with Crippen molar-refractivity contribution < 1.29 is 24.2 Å². The van der Waals surface area contributed by atoms with E-state index in [0.717, 1.165) is 5.56 Å². The fraction of sp³-hybridized carbons (Fsp3) is 0.312.